The highest BCUT2D eigenvalue weighted by Gasteiger charge is 2.10. The first-order valence-electron chi connectivity index (χ1n) is 5.81. The van der Waals surface area contributed by atoms with E-state index in [1.807, 2.05) is 30.3 Å². The van der Waals surface area contributed by atoms with Gasteiger partial charge in [0.05, 0.1) is 17.2 Å². The molecule has 0 aliphatic rings. The van der Waals surface area contributed by atoms with E-state index < -0.39 is 0 Å². The van der Waals surface area contributed by atoms with Crippen LogP contribution in [0.4, 0.5) is 0 Å². The summed E-state index contributed by atoms with van der Waals surface area (Å²) >= 11 is 11.9. The summed E-state index contributed by atoms with van der Waals surface area (Å²) < 4.78 is 5.60. The fourth-order valence-electron chi connectivity index (χ4n) is 1.74. The van der Waals surface area contributed by atoms with Gasteiger partial charge in [0.1, 0.15) is 5.75 Å². The summed E-state index contributed by atoms with van der Waals surface area (Å²) in [7, 11) is 0. The van der Waals surface area contributed by atoms with Crippen LogP contribution in [0.15, 0.2) is 42.5 Å². The van der Waals surface area contributed by atoms with Crippen LogP contribution >= 0.6 is 23.2 Å². The monoisotopic (exact) mass is 294 g/mol. The summed E-state index contributed by atoms with van der Waals surface area (Å²) in [4.78, 5) is 11.0. The predicted octanol–water partition coefficient (Wildman–Crippen LogP) is 4.43. The Morgan fingerprint density at radius 1 is 1.11 bits per heavy atom. The first-order valence-corrected chi connectivity index (χ1v) is 6.57. The zero-order valence-electron chi connectivity index (χ0n) is 10.1. The zero-order chi connectivity index (χ0) is 13.7. The van der Waals surface area contributed by atoms with Gasteiger partial charge in [-0.15, -0.1) is 0 Å². The Bertz CT molecular complexity index is 568. The van der Waals surface area contributed by atoms with Gasteiger partial charge in [0, 0.05) is 11.4 Å². The normalized spacial score (nSPS) is 10.2. The molecule has 2 aromatic rings. The molecule has 0 unspecified atom stereocenters. The van der Waals surface area contributed by atoms with Crippen LogP contribution in [0.5, 0.6) is 5.75 Å². The van der Waals surface area contributed by atoms with Gasteiger partial charge in [-0.2, -0.15) is 0 Å². The molecule has 2 nitrogen and oxygen atoms in total. The van der Waals surface area contributed by atoms with Crippen molar-refractivity contribution >= 4 is 29.5 Å². The molecular weight excluding hydrogens is 283 g/mol. The Balaban J connectivity index is 2.05. The SMILES string of the molecule is O=Cc1cc(Cl)cc(Cl)c1OCCc1ccccc1. The van der Waals surface area contributed by atoms with Crippen molar-refractivity contribution in [1.82, 2.24) is 0 Å². The molecule has 4 heteroatoms. The van der Waals surface area contributed by atoms with Gasteiger partial charge in [0.15, 0.2) is 6.29 Å². The summed E-state index contributed by atoms with van der Waals surface area (Å²) in [5, 5.41) is 0.769. The van der Waals surface area contributed by atoms with Crippen molar-refractivity contribution in [3.8, 4) is 5.75 Å². The number of aldehydes is 1. The van der Waals surface area contributed by atoms with Gasteiger partial charge in [-0.05, 0) is 17.7 Å². The summed E-state index contributed by atoms with van der Waals surface area (Å²) in [5.41, 5.74) is 1.53. The highest BCUT2D eigenvalue weighted by molar-refractivity contribution is 6.36. The van der Waals surface area contributed by atoms with Gasteiger partial charge in [-0.3, -0.25) is 4.79 Å². The third kappa shape index (κ3) is 3.72. The highest BCUT2D eigenvalue weighted by atomic mass is 35.5. The lowest BCUT2D eigenvalue weighted by Gasteiger charge is -2.10. The van der Waals surface area contributed by atoms with Gasteiger partial charge in [-0.1, -0.05) is 53.5 Å². The summed E-state index contributed by atoms with van der Waals surface area (Å²) in [6, 6.07) is 13.1. The minimum Gasteiger partial charge on any atom is -0.491 e. The maximum absolute atomic E-state index is 11.0. The number of carbonyl (C=O) groups is 1. The van der Waals surface area contributed by atoms with E-state index in [1.54, 1.807) is 6.07 Å². The van der Waals surface area contributed by atoms with E-state index in [1.165, 1.54) is 11.6 Å². The van der Waals surface area contributed by atoms with Gasteiger partial charge in [0.2, 0.25) is 0 Å². The van der Waals surface area contributed by atoms with Gasteiger partial charge >= 0.3 is 0 Å². The molecule has 0 heterocycles. The molecular formula is C15H12Cl2O2. The lowest BCUT2D eigenvalue weighted by atomic mass is 10.2. The smallest absolute Gasteiger partial charge is 0.153 e. The third-order valence-corrected chi connectivity index (χ3v) is 3.14. The fourth-order valence-corrected chi connectivity index (χ4v) is 2.30. The Labute approximate surface area is 121 Å². The van der Waals surface area contributed by atoms with Crippen LogP contribution in [0.25, 0.3) is 0 Å². The highest BCUT2D eigenvalue weighted by Crippen LogP contribution is 2.31. The molecule has 2 aromatic carbocycles. The van der Waals surface area contributed by atoms with Crippen LogP contribution in [0.2, 0.25) is 10.0 Å². The second-order valence-electron chi connectivity index (χ2n) is 4.01. The second-order valence-corrected chi connectivity index (χ2v) is 4.85. The molecule has 0 saturated heterocycles. The minimum atomic E-state index is 0.350. The lowest BCUT2D eigenvalue weighted by Crippen LogP contribution is -2.03. The number of halogens is 2. The largest absolute Gasteiger partial charge is 0.491 e. The molecule has 0 bridgehead atoms. The first kappa shape index (κ1) is 13.9. The Morgan fingerprint density at radius 2 is 1.84 bits per heavy atom. The van der Waals surface area contributed by atoms with Crippen molar-refractivity contribution in [1.29, 1.82) is 0 Å². The van der Waals surface area contributed by atoms with Gasteiger partial charge in [-0.25, -0.2) is 0 Å². The number of rotatable bonds is 5. The van der Waals surface area contributed by atoms with Crippen molar-refractivity contribution in [3.05, 3.63) is 63.6 Å². The van der Waals surface area contributed by atoms with E-state index in [-0.39, 0.29) is 0 Å². The van der Waals surface area contributed by atoms with E-state index in [0.717, 1.165) is 6.42 Å². The number of hydrogen-bond donors (Lipinski definition) is 0. The molecule has 0 aliphatic heterocycles. The average molecular weight is 295 g/mol. The van der Waals surface area contributed by atoms with E-state index in [9.17, 15) is 4.79 Å². The second kappa shape index (κ2) is 6.60. The van der Waals surface area contributed by atoms with Gasteiger partial charge < -0.3 is 4.74 Å². The van der Waals surface area contributed by atoms with Crippen LogP contribution in [0.1, 0.15) is 15.9 Å². The first-order chi connectivity index (χ1) is 9.20. The number of ether oxygens (including phenoxy) is 1. The van der Waals surface area contributed by atoms with Crippen molar-refractivity contribution in [2.75, 3.05) is 6.61 Å². The van der Waals surface area contributed by atoms with Crippen molar-refractivity contribution in [3.63, 3.8) is 0 Å². The zero-order valence-corrected chi connectivity index (χ0v) is 11.6. The summed E-state index contributed by atoms with van der Waals surface area (Å²) in [5.74, 6) is 0.386. The van der Waals surface area contributed by atoms with Crippen molar-refractivity contribution in [2.24, 2.45) is 0 Å². The average Bonchev–Trinajstić information content (AvgIpc) is 2.42. The summed E-state index contributed by atoms with van der Waals surface area (Å²) in [6.07, 6.45) is 1.44. The number of benzene rings is 2. The van der Waals surface area contributed by atoms with E-state index in [2.05, 4.69) is 0 Å². The molecule has 0 atom stereocenters. The Kier molecular flexibility index (Phi) is 4.83. The molecule has 98 valence electrons. The van der Waals surface area contributed by atoms with Crippen LogP contribution in [-0.2, 0) is 6.42 Å². The minimum absolute atomic E-state index is 0.350. The van der Waals surface area contributed by atoms with E-state index in [4.69, 9.17) is 27.9 Å². The van der Waals surface area contributed by atoms with Crippen LogP contribution in [-0.4, -0.2) is 12.9 Å². The maximum atomic E-state index is 11.0. The molecule has 0 aliphatic carbocycles. The predicted molar refractivity (Wildman–Crippen MR) is 77.5 cm³/mol. The van der Waals surface area contributed by atoms with Gasteiger partial charge in [0.25, 0.3) is 0 Å². The lowest BCUT2D eigenvalue weighted by molar-refractivity contribution is 0.111. The Hall–Kier alpha value is -1.51. The molecule has 0 radical (unpaired) electrons. The van der Waals surface area contributed by atoms with E-state index >= 15 is 0 Å². The fraction of sp³-hybridized carbons (Fsp3) is 0.133. The van der Waals surface area contributed by atoms with Crippen molar-refractivity contribution in [2.45, 2.75) is 6.42 Å². The summed E-state index contributed by atoms with van der Waals surface area (Å²) in [6.45, 7) is 0.451. The maximum Gasteiger partial charge on any atom is 0.153 e. The third-order valence-electron chi connectivity index (χ3n) is 2.64. The molecule has 0 spiro atoms. The number of carbonyl (C=O) groups excluding carboxylic acids is 1. The van der Waals surface area contributed by atoms with Crippen LogP contribution < -0.4 is 4.74 Å². The molecule has 0 amide bonds. The molecule has 0 N–H and O–H groups in total. The Morgan fingerprint density at radius 3 is 2.53 bits per heavy atom. The quantitative estimate of drug-likeness (QED) is 0.763. The topological polar surface area (TPSA) is 26.3 Å². The van der Waals surface area contributed by atoms with Crippen molar-refractivity contribution < 1.29 is 9.53 Å². The number of hydrogen-bond acceptors (Lipinski definition) is 2. The van der Waals surface area contributed by atoms with Crippen LogP contribution in [0.3, 0.4) is 0 Å². The standard InChI is InChI=1S/C15H12Cl2O2/c16-13-8-12(10-18)15(14(17)9-13)19-7-6-11-4-2-1-3-5-11/h1-5,8-10H,6-7H2. The molecule has 0 aromatic heterocycles. The molecule has 0 fully saturated rings. The molecule has 0 saturated carbocycles. The molecule has 2 rings (SSSR count). The van der Waals surface area contributed by atoms with Crippen LogP contribution in [0, 0.1) is 0 Å². The van der Waals surface area contributed by atoms with E-state index in [0.29, 0.717) is 34.3 Å². The molecule has 19 heavy (non-hydrogen) atoms.